The minimum absolute atomic E-state index is 0.817. The Kier molecular flexibility index (Phi) is 6.98. The fraction of sp³-hybridized carbons (Fsp3) is 1.00. The fourth-order valence-corrected chi connectivity index (χ4v) is 1.98. The molecule has 0 radical (unpaired) electrons. The molecule has 1 rings (SSSR count). The van der Waals surface area contributed by atoms with Crippen molar-refractivity contribution in [2.24, 2.45) is 5.92 Å². The third kappa shape index (κ3) is 6.13. The molecule has 0 aromatic carbocycles. The molecule has 0 atom stereocenters. The van der Waals surface area contributed by atoms with Crippen LogP contribution in [-0.2, 0) is 4.74 Å². The van der Waals surface area contributed by atoms with Crippen LogP contribution in [0.15, 0.2) is 0 Å². The van der Waals surface area contributed by atoms with E-state index in [0.717, 1.165) is 25.6 Å². The number of methoxy groups -OCH3 is 1. The Hall–Kier alpha value is -0.120. The molecule has 0 saturated heterocycles. The Labute approximate surface area is 94.2 Å². The molecule has 90 valence electrons. The molecule has 15 heavy (non-hydrogen) atoms. The van der Waals surface area contributed by atoms with Gasteiger partial charge in [-0.1, -0.05) is 6.42 Å². The van der Waals surface area contributed by atoms with E-state index in [1.165, 1.54) is 38.8 Å². The maximum atomic E-state index is 4.97. The van der Waals surface area contributed by atoms with E-state index in [2.05, 4.69) is 17.3 Å². The Morgan fingerprint density at radius 1 is 1.33 bits per heavy atom. The number of nitrogens with one attached hydrogen (secondary N) is 1. The molecule has 3 nitrogen and oxygen atoms in total. The average Bonchev–Trinajstić information content (AvgIpc) is 2.17. The summed E-state index contributed by atoms with van der Waals surface area (Å²) < 4.78 is 4.97. The van der Waals surface area contributed by atoms with Crippen molar-refractivity contribution in [2.75, 3.05) is 46.9 Å². The smallest absolute Gasteiger partial charge is 0.0587 e. The van der Waals surface area contributed by atoms with Gasteiger partial charge >= 0.3 is 0 Å². The predicted octanol–water partition coefficient (Wildman–Crippen LogP) is 1.34. The Morgan fingerprint density at radius 2 is 2.13 bits per heavy atom. The molecular weight excluding hydrogens is 188 g/mol. The van der Waals surface area contributed by atoms with Gasteiger partial charge in [0, 0.05) is 20.2 Å². The van der Waals surface area contributed by atoms with Crippen LogP contribution in [0.25, 0.3) is 0 Å². The maximum absolute atomic E-state index is 4.97. The zero-order valence-corrected chi connectivity index (χ0v) is 10.3. The SMILES string of the molecule is COCCNCCCN(C)CC1CCC1. The van der Waals surface area contributed by atoms with E-state index in [1.807, 2.05) is 0 Å². The van der Waals surface area contributed by atoms with Gasteiger partial charge in [0.25, 0.3) is 0 Å². The lowest BCUT2D eigenvalue weighted by atomic mass is 9.85. The van der Waals surface area contributed by atoms with Crippen LogP contribution in [0.2, 0.25) is 0 Å². The van der Waals surface area contributed by atoms with Gasteiger partial charge in [0.2, 0.25) is 0 Å². The second-order valence-electron chi connectivity index (χ2n) is 4.66. The topological polar surface area (TPSA) is 24.5 Å². The van der Waals surface area contributed by atoms with E-state index in [9.17, 15) is 0 Å². The first-order valence-corrected chi connectivity index (χ1v) is 6.21. The minimum Gasteiger partial charge on any atom is -0.383 e. The van der Waals surface area contributed by atoms with Crippen molar-refractivity contribution in [3.63, 3.8) is 0 Å². The Balaban J connectivity index is 1.81. The van der Waals surface area contributed by atoms with Gasteiger partial charge in [-0.25, -0.2) is 0 Å². The van der Waals surface area contributed by atoms with Crippen molar-refractivity contribution < 1.29 is 4.74 Å². The van der Waals surface area contributed by atoms with Crippen molar-refractivity contribution >= 4 is 0 Å². The van der Waals surface area contributed by atoms with E-state index >= 15 is 0 Å². The van der Waals surface area contributed by atoms with Gasteiger partial charge in [-0.2, -0.15) is 0 Å². The van der Waals surface area contributed by atoms with Gasteiger partial charge in [-0.05, 0) is 45.3 Å². The highest BCUT2D eigenvalue weighted by molar-refractivity contribution is 4.72. The fourth-order valence-electron chi connectivity index (χ4n) is 1.98. The number of hydrogen-bond acceptors (Lipinski definition) is 3. The lowest BCUT2D eigenvalue weighted by Gasteiger charge is -2.30. The molecule has 3 heteroatoms. The van der Waals surface area contributed by atoms with E-state index in [-0.39, 0.29) is 0 Å². The zero-order valence-electron chi connectivity index (χ0n) is 10.3. The van der Waals surface area contributed by atoms with Crippen LogP contribution in [0.4, 0.5) is 0 Å². The van der Waals surface area contributed by atoms with Crippen molar-refractivity contribution in [3.05, 3.63) is 0 Å². The third-order valence-electron chi connectivity index (χ3n) is 3.17. The zero-order chi connectivity index (χ0) is 10.9. The van der Waals surface area contributed by atoms with Gasteiger partial charge in [-0.3, -0.25) is 0 Å². The van der Waals surface area contributed by atoms with Crippen LogP contribution in [0.3, 0.4) is 0 Å². The molecule has 1 saturated carbocycles. The molecule has 0 heterocycles. The first kappa shape index (κ1) is 12.9. The first-order chi connectivity index (χ1) is 7.33. The molecule has 0 bridgehead atoms. The summed E-state index contributed by atoms with van der Waals surface area (Å²) in [4.78, 5) is 2.47. The standard InChI is InChI=1S/C12H26N2O/c1-14(11-12-5-3-6-12)9-4-7-13-8-10-15-2/h12-13H,3-11H2,1-2H3. The predicted molar refractivity (Wildman–Crippen MR) is 64.2 cm³/mol. The van der Waals surface area contributed by atoms with Gasteiger partial charge < -0.3 is 15.0 Å². The van der Waals surface area contributed by atoms with Crippen molar-refractivity contribution in [1.29, 1.82) is 0 Å². The van der Waals surface area contributed by atoms with Gasteiger partial charge in [0.05, 0.1) is 6.61 Å². The average molecular weight is 214 g/mol. The molecule has 0 aromatic rings. The van der Waals surface area contributed by atoms with E-state index in [1.54, 1.807) is 7.11 Å². The monoisotopic (exact) mass is 214 g/mol. The Morgan fingerprint density at radius 3 is 2.73 bits per heavy atom. The van der Waals surface area contributed by atoms with Crippen LogP contribution in [0.1, 0.15) is 25.7 Å². The second-order valence-corrected chi connectivity index (χ2v) is 4.66. The summed E-state index contributed by atoms with van der Waals surface area (Å²) in [7, 11) is 3.99. The largest absolute Gasteiger partial charge is 0.383 e. The lowest BCUT2D eigenvalue weighted by molar-refractivity contribution is 0.194. The number of ether oxygens (including phenoxy) is 1. The lowest BCUT2D eigenvalue weighted by Crippen LogP contribution is -2.31. The third-order valence-corrected chi connectivity index (χ3v) is 3.17. The summed E-state index contributed by atoms with van der Waals surface area (Å²) in [6.07, 6.45) is 5.61. The van der Waals surface area contributed by atoms with Gasteiger partial charge in [0.15, 0.2) is 0 Å². The first-order valence-electron chi connectivity index (χ1n) is 6.21. The molecule has 1 aliphatic carbocycles. The summed E-state index contributed by atoms with van der Waals surface area (Å²) in [6, 6.07) is 0. The van der Waals surface area contributed by atoms with Crippen LogP contribution in [-0.4, -0.2) is 51.8 Å². The normalized spacial score (nSPS) is 17.0. The molecular formula is C12H26N2O. The quantitative estimate of drug-likeness (QED) is 0.586. The number of nitrogens with zero attached hydrogens (tertiary/aromatic N) is 1. The van der Waals surface area contributed by atoms with Crippen molar-refractivity contribution in [3.8, 4) is 0 Å². The van der Waals surface area contributed by atoms with Crippen molar-refractivity contribution in [1.82, 2.24) is 10.2 Å². The highest BCUT2D eigenvalue weighted by Crippen LogP contribution is 2.26. The summed E-state index contributed by atoms with van der Waals surface area (Å²) >= 11 is 0. The minimum atomic E-state index is 0.817. The van der Waals surface area contributed by atoms with Crippen LogP contribution in [0.5, 0.6) is 0 Å². The molecule has 0 aromatic heterocycles. The Bertz CT molecular complexity index is 149. The molecule has 0 spiro atoms. The maximum Gasteiger partial charge on any atom is 0.0587 e. The highest BCUT2D eigenvalue weighted by Gasteiger charge is 2.18. The summed E-state index contributed by atoms with van der Waals surface area (Å²) in [5.41, 5.74) is 0. The van der Waals surface area contributed by atoms with Crippen molar-refractivity contribution in [2.45, 2.75) is 25.7 Å². The molecule has 1 fully saturated rings. The number of rotatable bonds is 9. The highest BCUT2D eigenvalue weighted by atomic mass is 16.5. The van der Waals surface area contributed by atoms with Crippen LogP contribution < -0.4 is 5.32 Å². The van der Waals surface area contributed by atoms with Crippen LogP contribution >= 0.6 is 0 Å². The molecule has 0 unspecified atom stereocenters. The summed E-state index contributed by atoms with van der Waals surface area (Å²) in [6.45, 7) is 5.42. The molecule has 0 amide bonds. The molecule has 1 aliphatic rings. The van der Waals surface area contributed by atoms with E-state index in [0.29, 0.717) is 0 Å². The number of hydrogen-bond donors (Lipinski definition) is 1. The summed E-state index contributed by atoms with van der Waals surface area (Å²) in [5, 5.41) is 3.37. The van der Waals surface area contributed by atoms with Gasteiger partial charge in [-0.15, -0.1) is 0 Å². The van der Waals surface area contributed by atoms with E-state index < -0.39 is 0 Å². The molecule has 1 N–H and O–H groups in total. The van der Waals surface area contributed by atoms with Gasteiger partial charge in [0.1, 0.15) is 0 Å². The van der Waals surface area contributed by atoms with Crippen LogP contribution in [0, 0.1) is 5.92 Å². The molecule has 0 aliphatic heterocycles. The van der Waals surface area contributed by atoms with E-state index in [4.69, 9.17) is 4.74 Å². The second kappa shape index (κ2) is 8.08. The summed E-state index contributed by atoms with van der Waals surface area (Å²) in [5.74, 6) is 0.997.